The van der Waals surface area contributed by atoms with Crippen LogP contribution in [0.25, 0.3) is 22.4 Å². The van der Waals surface area contributed by atoms with E-state index in [4.69, 9.17) is 9.72 Å². The van der Waals surface area contributed by atoms with Crippen LogP contribution < -0.4 is 4.74 Å². The number of imidazole rings is 1. The predicted octanol–water partition coefficient (Wildman–Crippen LogP) is 4.03. The Morgan fingerprint density at radius 1 is 1.05 bits per heavy atom. The zero-order chi connectivity index (χ0) is 13.9. The minimum atomic E-state index is 0.723. The van der Waals surface area contributed by atoms with Crippen molar-refractivity contribution in [2.75, 3.05) is 6.61 Å². The first-order chi connectivity index (χ1) is 9.81. The molecule has 102 valence electrons. The van der Waals surface area contributed by atoms with Crippen molar-refractivity contribution in [3.05, 3.63) is 48.5 Å². The van der Waals surface area contributed by atoms with Crippen LogP contribution in [0.5, 0.6) is 5.75 Å². The number of fused-ring (bicyclic) bond motifs is 1. The van der Waals surface area contributed by atoms with Gasteiger partial charge in [-0.15, -0.1) is 0 Å². The molecule has 0 unspecified atom stereocenters. The van der Waals surface area contributed by atoms with Gasteiger partial charge in [0.25, 0.3) is 0 Å². The third-order valence-corrected chi connectivity index (χ3v) is 3.38. The molecule has 0 radical (unpaired) electrons. The topological polar surface area (TPSA) is 27.1 Å². The van der Waals surface area contributed by atoms with Crippen LogP contribution in [0, 0.1) is 0 Å². The Labute approximate surface area is 118 Å². The van der Waals surface area contributed by atoms with Gasteiger partial charge in [-0.2, -0.15) is 0 Å². The number of para-hydroxylation sites is 3. The number of aryl methyl sites for hydroxylation is 1. The van der Waals surface area contributed by atoms with Crippen molar-refractivity contribution in [3.63, 3.8) is 0 Å². The third kappa shape index (κ3) is 2.16. The Bertz CT molecular complexity index is 731. The van der Waals surface area contributed by atoms with E-state index in [1.807, 2.05) is 43.4 Å². The zero-order valence-electron chi connectivity index (χ0n) is 11.8. The van der Waals surface area contributed by atoms with Crippen LogP contribution in [-0.4, -0.2) is 16.2 Å². The minimum Gasteiger partial charge on any atom is -0.493 e. The normalized spacial score (nSPS) is 10.9. The first kappa shape index (κ1) is 12.7. The summed E-state index contributed by atoms with van der Waals surface area (Å²) in [6.07, 6.45) is 0.997. The number of nitrogens with zero attached hydrogens (tertiary/aromatic N) is 2. The molecule has 3 aromatic rings. The first-order valence-electron chi connectivity index (χ1n) is 6.95. The fourth-order valence-electron chi connectivity index (χ4n) is 2.38. The van der Waals surface area contributed by atoms with Crippen molar-refractivity contribution < 1.29 is 4.74 Å². The lowest BCUT2D eigenvalue weighted by molar-refractivity contribution is 0.318. The molecule has 3 rings (SSSR count). The molecule has 0 fully saturated rings. The summed E-state index contributed by atoms with van der Waals surface area (Å²) in [6.45, 7) is 2.83. The molecule has 0 saturated heterocycles. The molecule has 0 aliphatic rings. The number of hydrogen-bond acceptors (Lipinski definition) is 2. The predicted molar refractivity (Wildman–Crippen MR) is 81.9 cm³/mol. The number of hydrogen-bond donors (Lipinski definition) is 0. The SMILES string of the molecule is CCCOc1ccccc1-c1nc2ccccc2n1C. The fraction of sp³-hybridized carbons (Fsp3) is 0.235. The molecule has 0 spiro atoms. The van der Waals surface area contributed by atoms with Gasteiger partial charge in [0, 0.05) is 7.05 Å². The van der Waals surface area contributed by atoms with Gasteiger partial charge in [0.1, 0.15) is 11.6 Å². The molecular weight excluding hydrogens is 248 g/mol. The van der Waals surface area contributed by atoms with E-state index < -0.39 is 0 Å². The van der Waals surface area contributed by atoms with Gasteiger partial charge in [-0.05, 0) is 30.7 Å². The maximum atomic E-state index is 5.84. The van der Waals surface area contributed by atoms with Crippen molar-refractivity contribution in [2.24, 2.45) is 7.05 Å². The summed E-state index contributed by atoms with van der Waals surface area (Å²) >= 11 is 0. The largest absolute Gasteiger partial charge is 0.493 e. The van der Waals surface area contributed by atoms with Gasteiger partial charge in [-0.1, -0.05) is 31.2 Å². The summed E-state index contributed by atoms with van der Waals surface area (Å²) in [5.41, 5.74) is 3.18. The Morgan fingerprint density at radius 2 is 1.80 bits per heavy atom. The minimum absolute atomic E-state index is 0.723. The molecular formula is C17H18N2O. The highest BCUT2D eigenvalue weighted by Gasteiger charge is 2.13. The Morgan fingerprint density at radius 3 is 2.60 bits per heavy atom. The van der Waals surface area contributed by atoms with Crippen LogP contribution in [0.1, 0.15) is 13.3 Å². The number of benzene rings is 2. The van der Waals surface area contributed by atoms with E-state index in [2.05, 4.69) is 23.6 Å². The van der Waals surface area contributed by atoms with Crippen molar-refractivity contribution in [1.82, 2.24) is 9.55 Å². The summed E-state index contributed by atoms with van der Waals surface area (Å²) in [5, 5.41) is 0. The smallest absolute Gasteiger partial charge is 0.144 e. The van der Waals surface area contributed by atoms with E-state index in [1.54, 1.807) is 0 Å². The molecule has 0 aliphatic carbocycles. The molecule has 20 heavy (non-hydrogen) atoms. The molecule has 0 bridgehead atoms. The van der Waals surface area contributed by atoms with E-state index >= 15 is 0 Å². The lowest BCUT2D eigenvalue weighted by Gasteiger charge is -2.10. The van der Waals surface area contributed by atoms with Crippen LogP contribution in [0.15, 0.2) is 48.5 Å². The molecule has 3 heteroatoms. The molecule has 0 aliphatic heterocycles. The second-order valence-electron chi connectivity index (χ2n) is 4.83. The summed E-state index contributed by atoms with van der Waals surface area (Å²) in [7, 11) is 2.04. The molecule has 0 amide bonds. The average molecular weight is 266 g/mol. The van der Waals surface area contributed by atoms with Gasteiger partial charge in [0.15, 0.2) is 0 Å². The monoisotopic (exact) mass is 266 g/mol. The quantitative estimate of drug-likeness (QED) is 0.713. The molecule has 2 aromatic carbocycles. The number of aromatic nitrogens is 2. The van der Waals surface area contributed by atoms with Crippen LogP contribution >= 0.6 is 0 Å². The Kier molecular flexibility index (Phi) is 3.42. The average Bonchev–Trinajstić information content (AvgIpc) is 2.83. The van der Waals surface area contributed by atoms with Crippen molar-refractivity contribution >= 4 is 11.0 Å². The lowest BCUT2D eigenvalue weighted by Crippen LogP contribution is -1.99. The maximum Gasteiger partial charge on any atom is 0.144 e. The third-order valence-electron chi connectivity index (χ3n) is 3.38. The van der Waals surface area contributed by atoms with Crippen LogP contribution in [0.3, 0.4) is 0 Å². The van der Waals surface area contributed by atoms with Crippen molar-refractivity contribution in [3.8, 4) is 17.1 Å². The van der Waals surface area contributed by atoms with E-state index in [-0.39, 0.29) is 0 Å². The van der Waals surface area contributed by atoms with Crippen LogP contribution in [0.4, 0.5) is 0 Å². The first-order valence-corrected chi connectivity index (χ1v) is 6.95. The van der Waals surface area contributed by atoms with Gasteiger partial charge in [0.2, 0.25) is 0 Å². The molecule has 3 nitrogen and oxygen atoms in total. The second-order valence-corrected chi connectivity index (χ2v) is 4.83. The highest BCUT2D eigenvalue weighted by molar-refractivity contribution is 5.81. The summed E-state index contributed by atoms with van der Waals surface area (Å²) in [5.74, 6) is 1.84. The van der Waals surface area contributed by atoms with E-state index in [0.717, 1.165) is 41.2 Å². The summed E-state index contributed by atoms with van der Waals surface area (Å²) in [6, 6.07) is 16.3. The molecule has 0 N–H and O–H groups in total. The molecule has 1 aromatic heterocycles. The highest BCUT2D eigenvalue weighted by Crippen LogP contribution is 2.31. The Hall–Kier alpha value is -2.29. The summed E-state index contributed by atoms with van der Waals surface area (Å²) < 4.78 is 7.95. The maximum absolute atomic E-state index is 5.84. The van der Waals surface area contributed by atoms with E-state index in [9.17, 15) is 0 Å². The van der Waals surface area contributed by atoms with Gasteiger partial charge < -0.3 is 9.30 Å². The van der Waals surface area contributed by atoms with Crippen molar-refractivity contribution in [2.45, 2.75) is 13.3 Å². The standard InChI is InChI=1S/C17H18N2O/c1-3-12-20-16-11-7-4-8-13(16)17-18-14-9-5-6-10-15(14)19(17)2/h4-11H,3,12H2,1-2H3. The zero-order valence-corrected chi connectivity index (χ0v) is 11.8. The highest BCUT2D eigenvalue weighted by atomic mass is 16.5. The summed E-state index contributed by atoms with van der Waals surface area (Å²) in [4.78, 5) is 4.73. The Balaban J connectivity index is 2.13. The number of rotatable bonds is 4. The number of ether oxygens (including phenoxy) is 1. The van der Waals surface area contributed by atoms with E-state index in [0.29, 0.717) is 0 Å². The second kappa shape index (κ2) is 5.37. The fourth-order valence-corrected chi connectivity index (χ4v) is 2.38. The van der Waals surface area contributed by atoms with Gasteiger partial charge in [0.05, 0.1) is 23.2 Å². The van der Waals surface area contributed by atoms with Crippen LogP contribution in [-0.2, 0) is 7.05 Å². The lowest BCUT2D eigenvalue weighted by atomic mass is 10.2. The van der Waals surface area contributed by atoms with Gasteiger partial charge in [-0.3, -0.25) is 0 Å². The molecule has 0 saturated carbocycles. The van der Waals surface area contributed by atoms with E-state index in [1.165, 1.54) is 0 Å². The van der Waals surface area contributed by atoms with Gasteiger partial charge in [-0.25, -0.2) is 4.98 Å². The van der Waals surface area contributed by atoms with Gasteiger partial charge >= 0.3 is 0 Å². The molecule has 0 atom stereocenters. The van der Waals surface area contributed by atoms with Crippen LogP contribution in [0.2, 0.25) is 0 Å². The van der Waals surface area contributed by atoms with Crippen molar-refractivity contribution in [1.29, 1.82) is 0 Å². The molecule has 1 heterocycles.